The SMILES string of the molecule is Cc1ccc(CNc2cc(-c3cccnc3)nc(NCCO)n2)cc1. The van der Waals surface area contributed by atoms with Crippen LogP contribution < -0.4 is 10.6 Å². The molecule has 0 aliphatic rings. The maximum absolute atomic E-state index is 9.01. The Kier molecular flexibility index (Phi) is 5.53. The molecule has 2 heterocycles. The molecule has 128 valence electrons. The van der Waals surface area contributed by atoms with Crippen molar-refractivity contribution in [2.24, 2.45) is 0 Å². The number of hydrogen-bond acceptors (Lipinski definition) is 6. The number of pyridine rings is 1. The van der Waals surface area contributed by atoms with Crippen LogP contribution in [0.15, 0.2) is 54.9 Å². The second-order valence-electron chi connectivity index (χ2n) is 5.69. The zero-order valence-corrected chi connectivity index (χ0v) is 14.1. The van der Waals surface area contributed by atoms with E-state index in [0.717, 1.165) is 17.1 Å². The van der Waals surface area contributed by atoms with Crippen molar-refractivity contribution in [2.75, 3.05) is 23.8 Å². The fraction of sp³-hybridized carbons (Fsp3) is 0.211. The van der Waals surface area contributed by atoms with Gasteiger partial charge in [0.15, 0.2) is 0 Å². The predicted molar refractivity (Wildman–Crippen MR) is 99.3 cm³/mol. The lowest BCUT2D eigenvalue weighted by Crippen LogP contribution is -2.11. The molecule has 2 aromatic heterocycles. The van der Waals surface area contributed by atoms with Gasteiger partial charge in [-0.15, -0.1) is 0 Å². The molecule has 3 aromatic rings. The maximum atomic E-state index is 9.01. The summed E-state index contributed by atoms with van der Waals surface area (Å²) in [5, 5.41) is 15.4. The molecule has 1 aromatic carbocycles. The van der Waals surface area contributed by atoms with E-state index in [2.05, 4.69) is 56.8 Å². The second kappa shape index (κ2) is 8.21. The Bertz CT molecular complexity index is 806. The van der Waals surface area contributed by atoms with Crippen LogP contribution in [0, 0.1) is 6.92 Å². The number of aliphatic hydroxyl groups excluding tert-OH is 1. The molecule has 0 aliphatic heterocycles. The Morgan fingerprint density at radius 1 is 1.04 bits per heavy atom. The topological polar surface area (TPSA) is 83.0 Å². The number of hydrogen-bond donors (Lipinski definition) is 3. The quantitative estimate of drug-likeness (QED) is 0.616. The number of nitrogens with one attached hydrogen (secondary N) is 2. The third-order valence-electron chi connectivity index (χ3n) is 3.67. The third kappa shape index (κ3) is 4.74. The lowest BCUT2D eigenvalue weighted by molar-refractivity contribution is 0.311. The molecular formula is C19H21N5O. The molecule has 0 unspecified atom stereocenters. The van der Waals surface area contributed by atoms with Gasteiger partial charge in [-0.2, -0.15) is 4.98 Å². The molecule has 0 saturated carbocycles. The average Bonchev–Trinajstić information content (AvgIpc) is 2.66. The molecule has 6 heteroatoms. The van der Waals surface area contributed by atoms with Gasteiger partial charge in [0.05, 0.1) is 12.3 Å². The van der Waals surface area contributed by atoms with Gasteiger partial charge in [-0.3, -0.25) is 4.98 Å². The van der Waals surface area contributed by atoms with Crippen molar-refractivity contribution in [3.8, 4) is 11.3 Å². The molecule has 0 amide bonds. The van der Waals surface area contributed by atoms with Gasteiger partial charge in [-0.05, 0) is 24.6 Å². The minimum atomic E-state index is 0.0204. The molecule has 0 bridgehead atoms. The van der Waals surface area contributed by atoms with Crippen LogP contribution >= 0.6 is 0 Å². The zero-order chi connectivity index (χ0) is 17.5. The number of anilines is 2. The maximum Gasteiger partial charge on any atom is 0.225 e. The molecule has 0 spiro atoms. The first-order chi connectivity index (χ1) is 12.2. The van der Waals surface area contributed by atoms with Gasteiger partial charge in [-0.1, -0.05) is 29.8 Å². The van der Waals surface area contributed by atoms with Crippen molar-refractivity contribution < 1.29 is 5.11 Å². The summed E-state index contributed by atoms with van der Waals surface area (Å²) in [6, 6.07) is 14.1. The Labute approximate surface area is 147 Å². The summed E-state index contributed by atoms with van der Waals surface area (Å²) in [5.74, 6) is 1.19. The largest absolute Gasteiger partial charge is 0.395 e. The first kappa shape index (κ1) is 16.9. The second-order valence-corrected chi connectivity index (χ2v) is 5.69. The summed E-state index contributed by atoms with van der Waals surface area (Å²) < 4.78 is 0. The first-order valence-corrected chi connectivity index (χ1v) is 8.18. The fourth-order valence-corrected chi connectivity index (χ4v) is 2.35. The van der Waals surface area contributed by atoms with Gasteiger partial charge < -0.3 is 15.7 Å². The molecule has 0 radical (unpaired) electrons. The van der Waals surface area contributed by atoms with E-state index in [4.69, 9.17) is 5.11 Å². The summed E-state index contributed by atoms with van der Waals surface area (Å²) in [5.41, 5.74) is 4.10. The van der Waals surface area contributed by atoms with E-state index in [1.807, 2.05) is 18.2 Å². The molecule has 6 nitrogen and oxygen atoms in total. The highest BCUT2D eigenvalue weighted by Crippen LogP contribution is 2.21. The van der Waals surface area contributed by atoms with E-state index in [1.54, 1.807) is 12.4 Å². The standard InChI is InChI=1S/C19H21N5O/c1-14-4-6-15(7-5-14)12-22-18-11-17(16-3-2-8-20-13-16)23-19(24-18)21-9-10-25/h2-8,11,13,25H,9-10,12H2,1H3,(H2,21,22,23,24). The van der Waals surface area contributed by atoms with Gasteiger partial charge in [0.2, 0.25) is 5.95 Å². The normalized spacial score (nSPS) is 10.5. The lowest BCUT2D eigenvalue weighted by Gasteiger charge is -2.11. The van der Waals surface area contributed by atoms with Gasteiger partial charge >= 0.3 is 0 Å². The van der Waals surface area contributed by atoms with Gasteiger partial charge in [0.25, 0.3) is 0 Å². The van der Waals surface area contributed by atoms with Crippen molar-refractivity contribution in [3.05, 3.63) is 66.0 Å². The molecule has 0 aliphatic carbocycles. The number of benzene rings is 1. The van der Waals surface area contributed by atoms with Crippen molar-refractivity contribution in [1.29, 1.82) is 0 Å². The number of nitrogens with zero attached hydrogens (tertiary/aromatic N) is 3. The summed E-state index contributed by atoms with van der Waals surface area (Å²) in [6.07, 6.45) is 3.49. The number of aryl methyl sites for hydroxylation is 1. The van der Waals surface area contributed by atoms with Gasteiger partial charge in [0, 0.05) is 37.1 Å². The zero-order valence-electron chi connectivity index (χ0n) is 14.1. The summed E-state index contributed by atoms with van der Waals surface area (Å²) >= 11 is 0. The van der Waals surface area contributed by atoms with Crippen LogP contribution in [-0.2, 0) is 6.54 Å². The van der Waals surface area contributed by atoms with E-state index < -0.39 is 0 Å². The Morgan fingerprint density at radius 2 is 1.88 bits per heavy atom. The minimum Gasteiger partial charge on any atom is -0.395 e. The van der Waals surface area contributed by atoms with Crippen LogP contribution in [0.25, 0.3) is 11.3 Å². The molecule has 3 N–H and O–H groups in total. The summed E-state index contributed by atoms with van der Waals surface area (Å²) in [7, 11) is 0. The molecule has 0 fully saturated rings. The van der Waals surface area contributed by atoms with E-state index >= 15 is 0 Å². The Hall–Kier alpha value is -2.99. The fourth-order valence-electron chi connectivity index (χ4n) is 2.35. The number of rotatable bonds is 7. The number of aromatic nitrogens is 3. The van der Waals surface area contributed by atoms with E-state index in [-0.39, 0.29) is 6.61 Å². The van der Waals surface area contributed by atoms with Crippen LogP contribution in [0.3, 0.4) is 0 Å². The predicted octanol–water partition coefficient (Wildman–Crippen LogP) is 2.86. The Morgan fingerprint density at radius 3 is 2.60 bits per heavy atom. The Balaban J connectivity index is 1.82. The smallest absolute Gasteiger partial charge is 0.225 e. The van der Waals surface area contributed by atoms with Crippen molar-refractivity contribution in [2.45, 2.75) is 13.5 Å². The highest BCUT2D eigenvalue weighted by Gasteiger charge is 2.07. The van der Waals surface area contributed by atoms with Crippen molar-refractivity contribution >= 4 is 11.8 Å². The van der Waals surface area contributed by atoms with Crippen molar-refractivity contribution in [1.82, 2.24) is 15.0 Å². The van der Waals surface area contributed by atoms with Crippen LogP contribution in [0.5, 0.6) is 0 Å². The van der Waals surface area contributed by atoms with E-state index in [9.17, 15) is 0 Å². The van der Waals surface area contributed by atoms with Crippen LogP contribution in [0.2, 0.25) is 0 Å². The van der Waals surface area contributed by atoms with E-state index in [0.29, 0.717) is 19.0 Å². The summed E-state index contributed by atoms with van der Waals surface area (Å²) in [6.45, 7) is 3.16. The van der Waals surface area contributed by atoms with Crippen LogP contribution in [0.4, 0.5) is 11.8 Å². The van der Waals surface area contributed by atoms with Gasteiger partial charge in [-0.25, -0.2) is 4.98 Å². The highest BCUT2D eigenvalue weighted by molar-refractivity contribution is 5.63. The third-order valence-corrected chi connectivity index (χ3v) is 3.67. The molecule has 3 rings (SSSR count). The lowest BCUT2D eigenvalue weighted by atomic mass is 10.1. The molecular weight excluding hydrogens is 314 g/mol. The summed E-state index contributed by atoms with van der Waals surface area (Å²) in [4.78, 5) is 13.1. The number of aliphatic hydroxyl groups is 1. The average molecular weight is 335 g/mol. The minimum absolute atomic E-state index is 0.0204. The highest BCUT2D eigenvalue weighted by atomic mass is 16.3. The molecule has 0 saturated heterocycles. The first-order valence-electron chi connectivity index (χ1n) is 8.18. The van der Waals surface area contributed by atoms with Gasteiger partial charge in [0.1, 0.15) is 5.82 Å². The molecule has 0 atom stereocenters. The van der Waals surface area contributed by atoms with E-state index in [1.165, 1.54) is 11.1 Å². The van der Waals surface area contributed by atoms with Crippen LogP contribution in [-0.4, -0.2) is 33.2 Å². The van der Waals surface area contributed by atoms with Crippen LogP contribution in [0.1, 0.15) is 11.1 Å². The van der Waals surface area contributed by atoms with Crippen molar-refractivity contribution in [3.63, 3.8) is 0 Å². The molecule has 25 heavy (non-hydrogen) atoms. The monoisotopic (exact) mass is 335 g/mol.